The zero-order chi connectivity index (χ0) is 40.8. The Morgan fingerprint density at radius 3 is 2.32 bits per heavy atom. The summed E-state index contributed by atoms with van der Waals surface area (Å²) in [7, 11) is 1.79. The minimum atomic E-state index is -4.69. The van der Waals surface area contributed by atoms with Crippen molar-refractivity contribution in [3.63, 3.8) is 0 Å². The summed E-state index contributed by atoms with van der Waals surface area (Å²) < 4.78 is 43.4. The summed E-state index contributed by atoms with van der Waals surface area (Å²) in [4.78, 5) is 57.8. The van der Waals surface area contributed by atoms with Crippen molar-refractivity contribution in [3.8, 4) is 22.4 Å². The Balaban J connectivity index is 1.01. The highest BCUT2D eigenvalue weighted by Crippen LogP contribution is 2.52. The lowest BCUT2D eigenvalue weighted by atomic mass is 9.97. The van der Waals surface area contributed by atoms with Crippen LogP contribution >= 0.6 is 0 Å². The fourth-order valence-electron chi connectivity index (χ4n) is 8.32. The molecule has 0 radical (unpaired) electrons. The number of aromatic nitrogens is 3. The molecule has 0 bridgehead atoms. The van der Waals surface area contributed by atoms with E-state index in [-0.39, 0.29) is 64.0 Å². The van der Waals surface area contributed by atoms with Gasteiger partial charge in [-0.2, -0.15) is 13.2 Å². The van der Waals surface area contributed by atoms with Crippen LogP contribution in [0, 0.1) is 17.3 Å². The summed E-state index contributed by atoms with van der Waals surface area (Å²) in [6.45, 7) is 12.7. The molecule has 3 fully saturated rings. The molecule has 2 saturated heterocycles. The van der Waals surface area contributed by atoms with Crippen molar-refractivity contribution in [2.24, 2.45) is 17.3 Å². The van der Waals surface area contributed by atoms with Gasteiger partial charge in [-0.15, -0.1) is 0 Å². The van der Waals surface area contributed by atoms with Gasteiger partial charge in [-0.25, -0.2) is 9.97 Å². The third-order valence-corrected chi connectivity index (χ3v) is 11.8. The molecule has 57 heavy (non-hydrogen) atoms. The molecular formula is C43H51F3N8O3. The molecule has 14 heteroatoms. The summed E-state index contributed by atoms with van der Waals surface area (Å²) in [5, 5.41) is 5.73. The fourth-order valence-corrected chi connectivity index (χ4v) is 8.32. The number of alkyl halides is 3. The van der Waals surface area contributed by atoms with Crippen LogP contribution in [0.3, 0.4) is 0 Å². The number of nitrogens with zero attached hydrogens (tertiary/aromatic N) is 5. The van der Waals surface area contributed by atoms with Gasteiger partial charge in [0.25, 0.3) is 5.91 Å². The van der Waals surface area contributed by atoms with E-state index in [1.165, 1.54) is 18.3 Å². The second-order valence-electron chi connectivity index (χ2n) is 16.6. The van der Waals surface area contributed by atoms with Crippen LogP contribution < -0.4 is 15.5 Å². The maximum Gasteiger partial charge on any atom is 0.417 e. The first kappa shape index (κ1) is 40.0. The van der Waals surface area contributed by atoms with Gasteiger partial charge in [0.15, 0.2) is 0 Å². The first-order chi connectivity index (χ1) is 27.0. The molecule has 7 rings (SSSR count). The van der Waals surface area contributed by atoms with E-state index in [0.717, 1.165) is 25.3 Å². The van der Waals surface area contributed by atoms with Crippen LogP contribution in [0.25, 0.3) is 22.4 Å². The Kier molecular flexibility index (Phi) is 10.9. The number of pyridine rings is 1. The highest BCUT2D eigenvalue weighted by Gasteiger charge is 2.52. The number of likely N-dealkylation sites (tertiary alicyclic amines) is 1. The Morgan fingerprint density at radius 1 is 0.982 bits per heavy atom. The van der Waals surface area contributed by atoms with Crippen LogP contribution in [-0.2, 0) is 15.8 Å². The quantitative estimate of drug-likeness (QED) is 0.153. The van der Waals surface area contributed by atoms with E-state index in [1.807, 2.05) is 30.6 Å². The molecule has 0 unspecified atom stereocenters. The highest BCUT2D eigenvalue weighted by atomic mass is 19.4. The van der Waals surface area contributed by atoms with Crippen molar-refractivity contribution in [1.82, 2.24) is 30.1 Å². The summed E-state index contributed by atoms with van der Waals surface area (Å²) in [6, 6.07) is 13.3. The lowest BCUT2D eigenvalue weighted by Gasteiger charge is -2.40. The molecule has 11 nitrogen and oxygen atoms in total. The normalized spacial score (nSPS) is 21.2. The van der Waals surface area contributed by atoms with Gasteiger partial charge in [-0.1, -0.05) is 58.0 Å². The maximum absolute atomic E-state index is 14.5. The Labute approximate surface area is 331 Å². The third-order valence-electron chi connectivity index (χ3n) is 11.8. The Bertz CT molecular complexity index is 2110. The van der Waals surface area contributed by atoms with Gasteiger partial charge in [-0.05, 0) is 80.0 Å². The van der Waals surface area contributed by atoms with Gasteiger partial charge in [-0.3, -0.25) is 14.4 Å². The molecule has 4 heterocycles. The number of nitrogens with one attached hydrogen (secondary N) is 3. The van der Waals surface area contributed by atoms with E-state index in [4.69, 9.17) is 4.98 Å². The van der Waals surface area contributed by atoms with E-state index >= 15 is 0 Å². The number of amides is 3. The second kappa shape index (κ2) is 15.6. The highest BCUT2D eigenvalue weighted by molar-refractivity contribution is 6.04. The van der Waals surface area contributed by atoms with Crippen molar-refractivity contribution in [2.75, 3.05) is 43.4 Å². The van der Waals surface area contributed by atoms with Crippen LogP contribution in [0.1, 0.15) is 81.7 Å². The molecule has 3 aliphatic rings. The number of H-pyrrole nitrogens is 1. The number of aromatic amines is 1. The van der Waals surface area contributed by atoms with Gasteiger partial charge < -0.3 is 30.3 Å². The number of likely N-dealkylation sites (N-methyl/N-ethyl adjacent to an activating group) is 1. The molecule has 4 atom stereocenters. The average Bonchev–Trinajstić information content (AvgIpc) is 3.52. The molecule has 2 aliphatic heterocycles. The third kappa shape index (κ3) is 8.28. The van der Waals surface area contributed by atoms with E-state index in [0.29, 0.717) is 54.6 Å². The van der Waals surface area contributed by atoms with Crippen molar-refractivity contribution in [3.05, 3.63) is 83.9 Å². The number of hydrogen-bond donors (Lipinski definition) is 3. The molecule has 0 spiro atoms. The molecular weight excluding hydrogens is 734 g/mol. The summed E-state index contributed by atoms with van der Waals surface area (Å²) >= 11 is 0. The number of imidazole rings is 1. The summed E-state index contributed by atoms with van der Waals surface area (Å²) in [6.07, 6.45) is 1.05. The predicted octanol–water partition coefficient (Wildman–Crippen LogP) is 7.40. The number of anilines is 2. The fraction of sp³-hybridized carbons (Fsp3) is 0.465. The molecule has 3 amide bonds. The number of hydrogen-bond acceptors (Lipinski definition) is 7. The number of carbonyl (C=O) groups excluding carboxylic acids is 3. The lowest BCUT2D eigenvalue weighted by molar-refractivity contribution is -0.137. The monoisotopic (exact) mass is 784 g/mol. The van der Waals surface area contributed by atoms with Gasteiger partial charge in [0.2, 0.25) is 11.8 Å². The molecule has 4 aromatic rings. The molecule has 1 aliphatic carbocycles. The number of halogens is 3. The van der Waals surface area contributed by atoms with Crippen LogP contribution in [0.4, 0.5) is 24.7 Å². The zero-order valence-electron chi connectivity index (χ0n) is 33.3. The molecule has 2 aromatic carbocycles. The molecule has 3 N–H and O–H groups in total. The lowest BCUT2D eigenvalue weighted by Crippen LogP contribution is -2.54. The van der Waals surface area contributed by atoms with Crippen LogP contribution in [0.15, 0.2) is 67.0 Å². The van der Waals surface area contributed by atoms with E-state index in [9.17, 15) is 27.6 Å². The van der Waals surface area contributed by atoms with Crippen molar-refractivity contribution in [2.45, 2.75) is 78.2 Å². The summed E-state index contributed by atoms with van der Waals surface area (Å²) in [5.41, 5.74) is 1.07. The minimum Gasteiger partial charge on any atom is -0.350 e. The number of piperazine rings is 1. The van der Waals surface area contributed by atoms with Gasteiger partial charge in [0, 0.05) is 61.8 Å². The van der Waals surface area contributed by atoms with E-state index < -0.39 is 17.6 Å². The number of rotatable bonds is 10. The number of benzene rings is 2. The van der Waals surface area contributed by atoms with Gasteiger partial charge >= 0.3 is 6.18 Å². The van der Waals surface area contributed by atoms with Crippen molar-refractivity contribution >= 4 is 29.2 Å². The van der Waals surface area contributed by atoms with Crippen molar-refractivity contribution < 1.29 is 27.6 Å². The van der Waals surface area contributed by atoms with Crippen molar-refractivity contribution in [1.29, 1.82) is 0 Å². The first-order valence-electron chi connectivity index (χ1n) is 19.7. The second-order valence-corrected chi connectivity index (χ2v) is 16.6. The Hall–Kier alpha value is -5.24. The Morgan fingerprint density at radius 2 is 1.70 bits per heavy atom. The van der Waals surface area contributed by atoms with Gasteiger partial charge in [0.05, 0.1) is 28.9 Å². The van der Waals surface area contributed by atoms with Crippen LogP contribution in [-0.4, -0.2) is 87.8 Å². The van der Waals surface area contributed by atoms with Crippen LogP contribution in [0.5, 0.6) is 0 Å². The largest absolute Gasteiger partial charge is 0.417 e. The molecule has 2 aromatic heterocycles. The standard InChI is InChI=1S/C43H51F3N8O3/c1-25(2)37(47-6)41(57)54-17-7-8-35(54)38-49-23-34(51-38)28-11-9-27(10-12-28)31-15-14-30(20-32(31)43(44,45)46)50-39(55)29-13-16-36(48-22-29)53-19-18-52(24-26(53)3)40(56)33-21-42(33,4)5/h9-16,20,22-23,25-26,33,35,37,47H,7-8,17-19,21,24H2,1-6H3,(H,49,51)(H,50,55)/t26-,33-,35+,37+/m1/s1. The zero-order valence-corrected chi connectivity index (χ0v) is 33.3. The number of carbonyl (C=O) groups is 3. The first-order valence-corrected chi connectivity index (χ1v) is 19.7. The average molecular weight is 785 g/mol. The van der Waals surface area contributed by atoms with Crippen LogP contribution in [0.2, 0.25) is 0 Å². The summed E-state index contributed by atoms with van der Waals surface area (Å²) in [5.74, 6) is 1.22. The SMILES string of the molecule is CN[C@H](C(=O)N1CCC[C@H]1c1nc(-c2ccc(-c3ccc(NC(=O)c4ccc(N5CCN(C(=O)[C@H]6CC6(C)C)C[C@H]5C)nc4)cc3C(F)(F)F)cc2)c[nH]1)C(C)C. The molecule has 302 valence electrons. The topological polar surface area (TPSA) is 127 Å². The van der Waals surface area contributed by atoms with Gasteiger partial charge in [0.1, 0.15) is 11.6 Å². The maximum atomic E-state index is 14.5. The van der Waals surface area contributed by atoms with E-state index in [2.05, 4.69) is 39.3 Å². The molecule has 1 saturated carbocycles. The van der Waals surface area contributed by atoms with E-state index in [1.54, 1.807) is 49.6 Å². The smallest absolute Gasteiger partial charge is 0.350 e. The minimum absolute atomic E-state index is 0.00273. The predicted molar refractivity (Wildman–Crippen MR) is 213 cm³/mol.